The molecule has 3 N–H and O–H groups in total. The largest absolute Gasteiger partial charge is 0.321 e. The summed E-state index contributed by atoms with van der Waals surface area (Å²) < 4.78 is 0. The summed E-state index contributed by atoms with van der Waals surface area (Å²) in [5.74, 6) is -0.169. The van der Waals surface area contributed by atoms with E-state index in [4.69, 9.17) is 0 Å². The van der Waals surface area contributed by atoms with Gasteiger partial charge in [0.15, 0.2) is 13.1 Å². The second kappa shape index (κ2) is 11.8. The summed E-state index contributed by atoms with van der Waals surface area (Å²) in [6, 6.07) is 25.8. The molecule has 0 heterocycles. The SMILES string of the molecule is CCC[NH+](CC(=O)Nc1ccccc1C)CC(=O)Nc1ccccc1Cc1ccccc1. The van der Waals surface area contributed by atoms with Gasteiger partial charge in [0, 0.05) is 11.4 Å². The number of quaternary nitrogens is 1. The van der Waals surface area contributed by atoms with Crippen LogP contribution in [0, 0.1) is 6.92 Å². The van der Waals surface area contributed by atoms with Crippen molar-refractivity contribution in [3.05, 3.63) is 95.6 Å². The van der Waals surface area contributed by atoms with Gasteiger partial charge in [-0.1, -0.05) is 73.7 Å². The molecule has 0 spiro atoms. The van der Waals surface area contributed by atoms with Gasteiger partial charge in [-0.15, -0.1) is 0 Å². The molecule has 0 fully saturated rings. The fraction of sp³-hybridized carbons (Fsp3) is 0.259. The van der Waals surface area contributed by atoms with Crippen LogP contribution in [0.5, 0.6) is 0 Å². The fourth-order valence-electron chi connectivity index (χ4n) is 3.76. The number of aryl methyl sites for hydroxylation is 1. The Morgan fingerprint density at radius 3 is 1.97 bits per heavy atom. The molecule has 0 saturated heterocycles. The van der Waals surface area contributed by atoms with Crippen molar-refractivity contribution in [1.29, 1.82) is 0 Å². The summed E-state index contributed by atoms with van der Waals surface area (Å²) >= 11 is 0. The Hall–Kier alpha value is -3.44. The van der Waals surface area contributed by atoms with Gasteiger partial charge in [-0.25, -0.2) is 0 Å². The van der Waals surface area contributed by atoms with Gasteiger partial charge in [0.1, 0.15) is 0 Å². The Morgan fingerprint density at radius 1 is 0.750 bits per heavy atom. The second-order valence-corrected chi connectivity index (χ2v) is 8.08. The van der Waals surface area contributed by atoms with E-state index in [9.17, 15) is 9.59 Å². The summed E-state index contributed by atoms with van der Waals surface area (Å²) in [7, 11) is 0. The standard InChI is InChI=1S/C27H31N3O2/c1-3-17-30(19-26(31)28-24-15-9-7-11-21(24)2)20-27(32)29-25-16-10-8-14-23(25)18-22-12-5-4-6-13-22/h4-16H,3,17-20H2,1-2H3,(H,28,31)(H,29,32)/p+1. The average molecular weight is 431 g/mol. The second-order valence-electron chi connectivity index (χ2n) is 8.08. The maximum Gasteiger partial charge on any atom is 0.279 e. The minimum Gasteiger partial charge on any atom is -0.321 e. The molecule has 166 valence electrons. The van der Waals surface area contributed by atoms with E-state index in [1.807, 2.05) is 73.7 Å². The third-order valence-electron chi connectivity index (χ3n) is 5.37. The molecule has 0 aliphatic carbocycles. The van der Waals surface area contributed by atoms with Crippen molar-refractivity contribution < 1.29 is 14.5 Å². The third-order valence-corrected chi connectivity index (χ3v) is 5.37. The van der Waals surface area contributed by atoms with Crippen LogP contribution >= 0.6 is 0 Å². The number of carbonyl (C=O) groups is 2. The van der Waals surface area contributed by atoms with E-state index in [1.165, 1.54) is 5.56 Å². The molecule has 0 aliphatic heterocycles. The summed E-state index contributed by atoms with van der Waals surface area (Å²) in [5.41, 5.74) is 4.92. The maximum absolute atomic E-state index is 12.8. The van der Waals surface area contributed by atoms with Gasteiger partial charge in [0.25, 0.3) is 11.8 Å². The van der Waals surface area contributed by atoms with Gasteiger partial charge in [-0.3, -0.25) is 9.59 Å². The van der Waals surface area contributed by atoms with Gasteiger partial charge in [-0.2, -0.15) is 0 Å². The molecule has 0 saturated carbocycles. The number of nitrogens with one attached hydrogen (secondary N) is 3. The number of hydrogen-bond acceptors (Lipinski definition) is 2. The van der Waals surface area contributed by atoms with E-state index in [2.05, 4.69) is 29.7 Å². The van der Waals surface area contributed by atoms with E-state index < -0.39 is 0 Å². The molecule has 1 unspecified atom stereocenters. The highest BCUT2D eigenvalue weighted by atomic mass is 16.2. The highest BCUT2D eigenvalue weighted by molar-refractivity contribution is 5.94. The van der Waals surface area contributed by atoms with Crippen LogP contribution in [-0.2, 0) is 16.0 Å². The molecule has 5 heteroatoms. The van der Waals surface area contributed by atoms with Gasteiger partial charge >= 0.3 is 0 Å². The molecule has 0 radical (unpaired) electrons. The predicted molar refractivity (Wildman–Crippen MR) is 130 cm³/mol. The molecule has 0 aromatic heterocycles. The zero-order valence-corrected chi connectivity index (χ0v) is 18.9. The zero-order chi connectivity index (χ0) is 22.8. The Kier molecular flexibility index (Phi) is 8.58. The van der Waals surface area contributed by atoms with Crippen LogP contribution < -0.4 is 15.5 Å². The van der Waals surface area contributed by atoms with Crippen molar-refractivity contribution in [3.63, 3.8) is 0 Å². The van der Waals surface area contributed by atoms with Crippen LogP contribution in [0.15, 0.2) is 78.9 Å². The van der Waals surface area contributed by atoms with Crippen LogP contribution in [-0.4, -0.2) is 31.4 Å². The number of para-hydroxylation sites is 2. The van der Waals surface area contributed by atoms with Crippen LogP contribution in [0.4, 0.5) is 11.4 Å². The monoisotopic (exact) mass is 430 g/mol. The van der Waals surface area contributed by atoms with E-state index in [-0.39, 0.29) is 24.9 Å². The summed E-state index contributed by atoms with van der Waals surface area (Å²) in [5, 5.41) is 6.03. The van der Waals surface area contributed by atoms with E-state index >= 15 is 0 Å². The van der Waals surface area contributed by atoms with Crippen LogP contribution in [0.2, 0.25) is 0 Å². The first kappa shape index (κ1) is 23.2. The van der Waals surface area contributed by atoms with E-state index in [0.717, 1.165) is 46.8 Å². The Morgan fingerprint density at radius 2 is 1.31 bits per heavy atom. The smallest absolute Gasteiger partial charge is 0.279 e. The van der Waals surface area contributed by atoms with Crippen molar-refractivity contribution in [2.75, 3.05) is 30.3 Å². The Balaban J connectivity index is 1.60. The van der Waals surface area contributed by atoms with Crippen molar-refractivity contribution in [1.82, 2.24) is 0 Å². The maximum atomic E-state index is 12.8. The van der Waals surface area contributed by atoms with Crippen LogP contribution in [0.3, 0.4) is 0 Å². The van der Waals surface area contributed by atoms with Crippen LogP contribution in [0.25, 0.3) is 0 Å². The fourth-order valence-corrected chi connectivity index (χ4v) is 3.76. The summed E-state index contributed by atoms with van der Waals surface area (Å²) in [6.07, 6.45) is 1.65. The minimum absolute atomic E-state index is 0.0833. The molecule has 1 atom stereocenters. The van der Waals surface area contributed by atoms with Crippen molar-refractivity contribution in [2.24, 2.45) is 0 Å². The number of hydrogen-bond donors (Lipinski definition) is 3. The molecule has 3 aromatic carbocycles. The first-order chi connectivity index (χ1) is 15.5. The van der Waals surface area contributed by atoms with Gasteiger partial charge in [-0.05, 0) is 48.6 Å². The van der Waals surface area contributed by atoms with E-state index in [0.29, 0.717) is 0 Å². The molecular weight excluding hydrogens is 398 g/mol. The molecular formula is C27H32N3O2+. The highest BCUT2D eigenvalue weighted by Crippen LogP contribution is 2.19. The van der Waals surface area contributed by atoms with Gasteiger partial charge < -0.3 is 15.5 Å². The predicted octanol–water partition coefficient (Wildman–Crippen LogP) is 3.46. The molecule has 3 rings (SSSR count). The molecule has 2 amide bonds. The number of rotatable bonds is 10. The number of anilines is 2. The van der Waals surface area contributed by atoms with Crippen molar-refractivity contribution in [2.45, 2.75) is 26.7 Å². The summed E-state index contributed by atoms with van der Waals surface area (Å²) in [6.45, 7) is 5.27. The van der Waals surface area contributed by atoms with Crippen LogP contribution in [0.1, 0.15) is 30.0 Å². The number of carbonyl (C=O) groups excluding carboxylic acids is 2. The minimum atomic E-state index is -0.0855. The first-order valence-electron chi connectivity index (χ1n) is 11.2. The Bertz CT molecular complexity index is 1030. The third kappa shape index (κ3) is 7.06. The highest BCUT2D eigenvalue weighted by Gasteiger charge is 2.19. The quantitative estimate of drug-likeness (QED) is 0.461. The van der Waals surface area contributed by atoms with E-state index in [1.54, 1.807) is 0 Å². The molecule has 32 heavy (non-hydrogen) atoms. The molecule has 0 aliphatic rings. The number of amides is 2. The zero-order valence-electron chi connectivity index (χ0n) is 18.9. The normalized spacial score (nSPS) is 11.6. The molecule has 3 aromatic rings. The van der Waals surface area contributed by atoms with Crippen molar-refractivity contribution >= 4 is 23.2 Å². The topological polar surface area (TPSA) is 62.6 Å². The van der Waals surface area contributed by atoms with Gasteiger partial charge in [0.05, 0.1) is 6.54 Å². The lowest BCUT2D eigenvalue weighted by atomic mass is 10.0. The lowest BCUT2D eigenvalue weighted by Crippen LogP contribution is -3.14. The lowest BCUT2D eigenvalue weighted by molar-refractivity contribution is -0.883. The average Bonchev–Trinajstić information content (AvgIpc) is 2.77. The molecule has 5 nitrogen and oxygen atoms in total. The summed E-state index contributed by atoms with van der Waals surface area (Å²) in [4.78, 5) is 26.4. The number of benzene rings is 3. The van der Waals surface area contributed by atoms with Crippen molar-refractivity contribution in [3.8, 4) is 0 Å². The first-order valence-corrected chi connectivity index (χ1v) is 11.2. The molecule has 0 bridgehead atoms. The lowest BCUT2D eigenvalue weighted by Gasteiger charge is -2.19. The Labute approximate surface area is 190 Å². The van der Waals surface area contributed by atoms with Gasteiger partial charge in [0.2, 0.25) is 0 Å².